The second-order valence-corrected chi connectivity index (χ2v) is 9.55. The zero-order valence-electron chi connectivity index (χ0n) is 20.9. The molecule has 6 amide bonds. The van der Waals surface area contributed by atoms with Gasteiger partial charge in [-0.05, 0) is 37.1 Å². The van der Waals surface area contributed by atoms with Crippen molar-refractivity contribution < 1.29 is 34.2 Å². The maximum absolute atomic E-state index is 12.3. The first kappa shape index (κ1) is 27.3. The van der Waals surface area contributed by atoms with E-state index in [0.29, 0.717) is 48.4 Å². The van der Waals surface area contributed by atoms with Gasteiger partial charge in [-0.15, -0.1) is 0 Å². The summed E-state index contributed by atoms with van der Waals surface area (Å²) < 4.78 is 0. The molecule has 0 radical (unpaired) electrons. The molecule has 2 atom stereocenters. The molecule has 13 heteroatoms. The van der Waals surface area contributed by atoms with E-state index in [0.717, 1.165) is 11.1 Å². The standard InChI is InChI=1S/2C13H13N3O3.H2O/c2*14-9-3-1-2-7-8(9)6-16(13(7)19)10-4-5-11(17)15-12(10)18;/h2*1-3,10H,4-6,14H2,(H,15,17,18);1H2/t2*10-;/m11./s1. The van der Waals surface area contributed by atoms with Gasteiger partial charge in [-0.1, -0.05) is 12.1 Å². The molecule has 2 saturated heterocycles. The SMILES string of the molecule is Nc1cccc2c1CN([C@@H]1CCC(=O)NC1=O)C2=O.Nc1cccc2c1CN([C@@H]1CCC(=O)NC1=O)C2=O.O. The van der Waals surface area contributed by atoms with Gasteiger partial charge in [0, 0.05) is 59.6 Å². The number of hydrogen-bond donors (Lipinski definition) is 4. The molecule has 13 nitrogen and oxygen atoms in total. The number of piperidine rings is 2. The van der Waals surface area contributed by atoms with Gasteiger partial charge in [0.25, 0.3) is 11.8 Å². The number of carbonyl (C=O) groups is 6. The minimum atomic E-state index is -0.586. The smallest absolute Gasteiger partial charge is 0.255 e. The summed E-state index contributed by atoms with van der Waals surface area (Å²) in [6.07, 6.45) is 1.24. The number of amides is 6. The van der Waals surface area contributed by atoms with Gasteiger partial charge in [0.15, 0.2) is 0 Å². The molecule has 4 aliphatic heterocycles. The van der Waals surface area contributed by atoms with Crippen LogP contribution in [0.4, 0.5) is 11.4 Å². The fourth-order valence-corrected chi connectivity index (χ4v) is 5.22. The molecule has 6 rings (SSSR count). The number of nitrogens with one attached hydrogen (secondary N) is 2. The summed E-state index contributed by atoms with van der Waals surface area (Å²) in [6.45, 7) is 0.653. The Labute approximate surface area is 222 Å². The predicted molar refractivity (Wildman–Crippen MR) is 137 cm³/mol. The average Bonchev–Trinajstić information content (AvgIpc) is 3.39. The Kier molecular flexibility index (Phi) is 7.36. The van der Waals surface area contributed by atoms with Crippen LogP contribution in [-0.4, -0.2) is 62.8 Å². The molecule has 0 unspecified atom stereocenters. The van der Waals surface area contributed by atoms with Crippen molar-refractivity contribution in [2.45, 2.75) is 50.9 Å². The molecule has 8 N–H and O–H groups in total. The highest BCUT2D eigenvalue weighted by Gasteiger charge is 2.40. The number of nitrogen functional groups attached to an aromatic ring is 2. The van der Waals surface area contributed by atoms with Gasteiger partial charge < -0.3 is 26.7 Å². The lowest BCUT2D eigenvalue weighted by Crippen LogP contribution is -2.52. The fraction of sp³-hybridized carbons (Fsp3) is 0.308. The minimum absolute atomic E-state index is 0. The summed E-state index contributed by atoms with van der Waals surface area (Å²) in [5, 5.41) is 4.53. The maximum Gasteiger partial charge on any atom is 0.255 e. The number of nitrogens with zero attached hydrogens (tertiary/aromatic N) is 2. The molecule has 39 heavy (non-hydrogen) atoms. The van der Waals surface area contributed by atoms with E-state index in [2.05, 4.69) is 10.6 Å². The number of benzene rings is 2. The molecule has 4 heterocycles. The van der Waals surface area contributed by atoms with E-state index in [9.17, 15) is 28.8 Å². The van der Waals surface area contributed by atoms with Gasteiger partial charge in [0.2, 0.25) is 23.6 Å². The number of carbonyl (C=O) groups excluding carboxylic acids is 6. The Hall–Kier alpha value is -4.78. The largest absolute Gasteiger partial charge is 0.412 e. The average molecular weight is 537 g/mol. The molecule has 0 saturated carbocycles. The zero-order valence-corrected chi connectivity index (χ0v) is 20.9. The topological polar surface area (TPSA) is 216 Å². The van der Waals surface area contributed by atoms with Crippen molar-refractivity contribution in [1.29, 1.82) is 0 Å². The van der Waals surface area contributed by atoms with Crippen molar-refractivity contribution in [3.8, 4) is 0 Å². The summed E-state index contributed by atoms with van der Waals surface area (Å²) in [4.78, 5) is 73.4. The summed E-state index contributed by atoms with van der Waals surface area (Å²) in [6, 6.07) is 9.16. The molecule has 0 bridgehead atoms. The number of anilines is 2. The molecule has 0 aromatic heterocycles. The third-order valence-electron chi connectivity index (χ3n) is 7.24. The van der Waals surface area contributed by atoms with E-state index in [4.69, 9.17) is 11.5 Å². The molecule has 2 fully saturated rings. The second-order valence-electron chi connectivity index (χ2n) is 9.55. The van der Waals surface area contributed by atoms with Crippen LogP contribution in [0.2, 0.25) is 0 Å². The molecule has 2 aromatic carbocycles. The molecular formula is C26H28N6O7. The van der Waals surface area contributed by atoms with Gasteiger partial charge in [0.1, 0.15) is 12.1 Å². The Balaban J connectivity index is 0.000000176. The van der Waals surface area contributed by atoms with Crippen LogP contribution in [0.15, 0.2) is 36.4 Å². The molecular weight excluding hydrogens is 508 g/mol. The molecule has 2 aromatic rings. The number of fused-ring (bicyclic) bond motifs is 2. The first-order chi connectivity index (χ1) is 18.2. The molecule has 4 aliphatic rings. The van der Waals surface area contributed by atoms with Gasteiger partial charge in [-0.3, -0.25) is 39.4 Å². The lowest BCUT2D eigenvalue weighted by atomic mass is 10.0. The van der Waals surface area contributed by atoms with Crippen LogP contribution in [0.5, 0.6) is 0 Å². The highest BCUT2D eigenvalue weighted by molar-refractivity contribution is 6.07. The van der Waals surface area contributed by atoms with Crippen LogP contribution in [0, 0.1) is 0 Å². The van der Waals surface area contributed by atoms with Gasteiger partial charge >= 0.3 is 0 Å². The van der Waals surface area contributed by atoms with E-state index >= 15 is 0 Å². The number of nitrogens with two attached hydrogens (primary N) is 2. The fourth-order valence-electron chi connectivity index (χ4n) is 5.22. The van der Waals surface area contributed by atoms with Crippen LogP contribution in [-0.2, 0) is 32.3 Å². The summed E-state index contributed by atoms with van der Waals surface area (Å²) in [5.41, 5.74) is 15.4. The first-order valence-corrected chi connectivity index (χ1v) is 12.2. The lowest BCUT2D eigenvalue weighted by molar-refractivity contribution is -0.138. The van der Waals surface area contributed by atoms with Gasteiger partial charge in [-0.25, -0.2) is 0 Å². The van der Waals surface area contributed by atoms with Crippen molar-refractivity contribution in [2.75, 3.05) is 11.5 Å². The highest BCUT2D eigenvalue weighted by Crippen LogP contribution is 2.32. The first-order valence-electron chi connectivity index (χ1n) is 12.2. The summed E-state index contributed by atoms with van der Waals surface area (Å²) in [7, 11) is 0. The van der Waals surface area contributed by atoms with E-state index in [1.54, 1.807) is 36.4 Å². The maximum atomic E-state index is 12.3. The van der Waals surface area contributed by atoms with Crippen LogP contribution >= 0.6 is 0 Å². The molecule has 0 spiro atoms. The second kappa shape index (κ2) is 10.5. The Bertz CT molecular complexity index is 1300. The van der Waals surface area contributed by atoms with E-state index in [-0.39, 0.29) is 41.9 Å². The normalized spacial score (nSPS) is 21.8. The van der Waals surface area contributed by atoms with Crippen molar-refractivity contribution in [1.82, 2.24) is 20.4 Å². The Morgan fingerprint density at radius 2 is 1.03 bits per heavy atom. The predicted octanol–water partition coefficient (Wildman–Crippen LogP) is -0.765. The monoisotopic (exact) mass is 536 g/mol. The van der Waals surface area contributed by atoms with Crippen LogP contribution in [0.25, 0.3) is 0 Å². The van der Waals surface area contributed by atoms with Gasteiger partial charge in [-0.2, -0.15) is 0 Å². The van der Waals surface area contributed by atoms with Crippen LogP contribution in [0.1, 0.15) is 57.5 Å². The van der Waals surface area contributed by atoms with Crippen LogP contribution < -0.4 is 22.1 Å². The van der Waals surface area contributed by atoms with E-state index < -0.39 is 23.9 Å². The third-order valence-corrected chi connectivity index (χ3v) is 7.24. The zero-order chi connectivity index (χ0) is 27.1. The summed E-state index contributed by atoms with van der Waals surface area (Å²) in [5.74, 6) is -1.78. The lowest BCUT2D eigenvalue weighted by Gasteiger charge is -2.29. The third kappa shape index (κ3) is 4.91. The molecule has 204 valence electrons. The summed E-state index contributed by atoms with van der Waals surface area (Å²) >= 11 is 0. The van der Waals surface area contributed by atoms with Crippen molar-refractivity contribution in [3.05, 3.63) is 58.7 Å². The van der Waals surface area contributed by atoms with Crippen molar-refractivity contribution in [2.24, 2.45) is 0 Å². The van der Waals surface area contributed by atoms with Crippen molar-refractivity contribution >= 4 is 46.8 Å². The van der Waals surface area contributed by atoms with Crippen molar-refractivity contribution in [3.63, 3.8) is 0 Å². The molecule has 0 aliphatic carbocycles. The minimum Gasteiger partial charge on any atom is -0.412 e. The van der Waals surface area contributed by atoms with E-state index in [1.807, 2.05) is 0 Å². The highest BCUT2D eigenvalue weighted by atomic mass is 16.2. The Morgan fingerprint density at radius 1 is 0.641 bits per heavy atom. The number of rotatable bonds is 2. The van der Waals surface area contributed by atoms with Gasteiger partial charge in [0.05, 0.1) is 0 Å². The Morgan fingerprint density at radius 3 is 1.36 bits per heavy atom. The number of hydrogen-bond acceptors (Lipinski definition) is 8. The quantitative estimate of drug-likeness (QED) is 0.282. The van der Waals surface area contributed by atoms with Crippen LogP contribution in [0.3, 0.4) is 0 Å². The van der Waals surface area contributed by atoms with E-state index in [1.165, 1.54) is 9.80 Å². The number of imide groups is 2.